The smallest absolute Gasteiger partial charge is 0.358 e. The lowest BCUT2D eigenvalue weighted by molar-refractivity contribution is 0.0592. The van der Waals surface area contributed by atoms with E-state index in [9.17, 15) is 35.2 Å². The zero-order valence-electron chi connectivity index (χ0n) is 39.6. The molecule has 378 valence electrons. The maximum atomic E-state index is 14.9. The highest BCUT2D eigenvalue weighted by atomic mass is 32.2. The number of carbonyl (C=O) groups is 2. The van der Waals surface area contributed by atoms with Crippen LogP contribution in [0.25, 0.3) is 33.2 Å². The quantitative estimate of drug-likeness (QED) is 0.109. The first-order chi connectivity index (χ1) is 34.9. The number of aromatic carboxylic acids is 1. The van der Waals surface area contributed by atoms with Crippen molar-refractivity contribution in [1.29, 1.82) is 0 Å². The number of rotatable bonds is 12. The predicted molar refractivity (Wildman–Crippen MR) is 266 cm³/mol. The first-order valence-corrected chi connectivity index (χ1v) is 26.0. The van der Waals surface area contributed by atoms with Crippen LogP contribution in [0.15, 0.2) is 120 Å². The molecule has 2 aliphatic heterocycles. The van der Waals surface area contributed by atoms with Gasteiger partial charge in [-0.3, -0.25) is 0 Å². The minimum absolute atomic E-state index is 0.0252. The minimum atomic E-state index is -3.57. The van der Waals surface area contributed by atoms with Gasteiger partial charge in [-0.25, -0.2) is 64.5 Å². The third kappa shape index (κ3) is 11.0. The number of sulfone groups is 2. The second kappa shape index (κ2) is 20.7. The molecule has 0 atom stereocenters. The minimum Gasteiger partial charge on any atom is -0.476 e. The molecule has 2 saturated heterocycles. The molecular formula is C49H48F2N12O8S2. The van der Waals surface area contributed by atoms with Gasteiger partial charge in [-0.15, -0.1) is 0 Å². The summed E-state index contributed by atoms with van der Waals surface area (Å²) >= 11 is 0. The Bertz CT molecular complexity index is 3620. The van der Waals surface area contributed by atoms with E-state index in [1.54, 1.807) is 48.8 Å². The summed E-state index contributed by atoms with van der Waals surface area (Å²) in [5.41, 5.74) is 1.87. The highest BCUT2D eigenvalue weighted by Crippen LogP contribution is 2.30. The van der Waals surface area contributed by atoms with Crippen molar-refractivity contribution in [3.05, 3.63) is 133 Å². The molecule has 0 saturated carbocycles. The van der Waals surface area contributed by atoms with E-state index in [0.717, 1.165) is 26.2 Å². The van der Waals surface area contributed by atoms with E-state index in [-0.39, 0.29) is 32.8 Å². The predicted octanol–water partition coefficient (Wildman–Crippen LogP) is 6.62. The third-order valence-electron chi connectivity index (χ3n) is 12.6. The van der Waals surface area contributed by atoms with Crippen LogP contribution < -0.4 is 10.6 Å². The molecule has 0 unspecified atom stereocenters. The number of anilines is 4. The molecule has 2 aromatic carbocycles. The Balaban J connectivity index is 0.000000180. The second-order valence-electron chi connectivity index (χ2n) is 17.6. The fourth-order valence-corrected chi connectivity index (χ4v) is 11.7. The molecule has 0 spiro atoms. The maximum absolute atomic E-state index is 14.9. The highest BCUT2D eigenvalue weighted by molar-refractivity contribution is 7.92. The normalized spacial score (nSPS) is 15.2. The fraction of sp³-hybridized carbons (Fsp3) is 0.265. The molecule has 10 rings (SSSR count). The summed E-state index contributed by atoms with van der Waals surface area (Å²) in [6.45, 7) is 2.90. The average Bonchev–Trinajstić information content (AvgIpc) is 4.10. The van der Waals surface area contributed by atoms with Crippen LogP contribution in [0.5, 0.6) is 0 Å². The summed E-state index contributed by atoms with van der Waals surface area (Å²) in [6.07, 6.45) is 8.32. The third-order valence-corrected chi connectivity index (χ3v) is 17.0. The molecule has 0 amide bonds. The van der Waals surface area contributed by atoms with Gasteiger partial charge in [-0.2, -0.15) is 10.2 Å². The SMILES string of the molecule is CN1CCC(S(=O)(=O)c2ccc3cnc(Nc4ccc(-n5ccc(C(=O)O)n5)cc4F)cc3n2)CC1.COC(=O)c1ccn(-c2ccc(Nc3cc4nc(S(=O)(=O)C5CCN(C)CC5)ccc4cn3)c(F)c2)n1. The number of ether oxygens (including phenoxy) is 1. The number of carbonyl (C=O) groups excluding carboxylic acids is 1. The van der Waals surface area contributed by atoms with Crippen molar-refractivity contribution in [2.75, 3.05) is 58.0 Å². The van der Waals surface area contributed by atoms with Crippen LogP contribution in [0.3, 0.4) is 0 Å². The zero-order valence-corrected chi connectivity index (χ0v) is 41.2. The maximum Gasteiger partial charge on any atom is 0.358 e. The van der Waals surface area contributed by atoms with Gasteiger partial charge in [0.2, 0.25) is 0 Å². The number of benzene rings is 2. The number of hydrogen-bond acceptors (Lipinski definition) is 17. The van der Waals surface area contributed by atoms with Crippen LogP contribution in [0.4, 0.5) is 31.8 Å². The number of hydrogen-bond donors (Lipinski definition) is 3. The van der Waals surface area contributed by atoms with Gasteiger partial charge in [-0.05, 0) is 127 Å². The monoisotopic (exact) mass is 1030 g/mol. The van der Waals surface area contributed by atoms with E-state index in [2.05, 4.69) is 55.3 Å². The molecule has 2 aliphatic rings. The van der Waals surface area contributed by atoms with Crippen molar-refractivity contribution < 1.29 is 45.0 Å². The number of methoxy groups -OCH3 is 1. The number of carboxylic acids is 1. The molecule has 0 bridgehead atoms. The van der Waals surface area contributed by atoms with Gasteiger partial charge in [-0.1, -0.05) is 0 Å². The van der Waals surface area contributed by atoms with Crippen molar-refractivity contribution in [2.24, 2.45) is 0 Å². The van der Waals surface area contributed by atoms with Gasteiger partial charge >= 0.3 is 11.9 Å². The molecule has 0 radical (unpaired) electrons. The van der Waals surface area contributed by atoms with Crippen molar-refractivity contribution in [1.82, 2.24) is 49.3 Å². The van der Waals surface area contributed by atoms with Crippen LogP contribution in [0.2, 0.25) is 0 Å². The van der Waals surface area contributed by atoms with Gasteiger partial charge < -0.3 is 30.3 Å². The van der Waals surface area contributed by atoms with E-state index in [1.807, 2.05) is 14.1 Å². The number of esters is 1. The lowest BCUT2D eigenvalue weighted by atomic mass is 10.1. The van der Waals surface area contributed by atoms with Crippen LogP contribution in [-0.2, 0) is 24.4 Å². The number of likely N-dealkylation sites (tertiary alicyclic amines) is 2. The Morgan fingerprint density at radius 3 is 1.44 bits per heavy atom. The Morgan fingerprint density at radius 2 is 1.04 bits per heavy atom. The van der Waals surface area contributed by atoms with Gasteiger partial charge in [0.25, 0.3) is 0 Å². The van der Waals surface area contributed by atoms with E-state index < -0.39 is 53.7 Å². The first-order valence-electron chi connectivity index (χ1n) is 22.9. The van der Waals surface area contributed by atoms with Crippen molar-refractivity contribution in [3.63, 3.8) is 0 Å². The summed E-state index contributed by atoms with van der Waals surface area (Å²) in [5.74, 6) is -2.33. The average molecular weight is 1040 g/mol. The molecule has 6 aromatic heterocycles. The number of nitrogens with one attached hydrogen (secondary N) is 2. The summed E-state index contributed by atoms with van der Waals surface area (Å²) in [7, 11) is -1.93. The number of fused-ring (bicyclic) bond motifs is 2. The number of aromatic nitrogens is 8. The Morgan fingerprint density at radius 1 is 0.616 bits per heavy atom. The van der Waals surface area contributed by atoms with Crippen LogP contribution in [0.1, 0.15) is 46.7 Å². The summed E-state index contributed by atoms with van der Waals surface area (Å²) in [6, 6.07) is 21.0. The summed E-state index contributed by atoms with van der Waals surface area (Å²) < 4.78 is 89.6. The number of piperidine rings is 2. The van der Waals surface area contributed by atoms with Gasteiger partial charge in [0.15, 0.2) is 41.1 Å². The number of carboxylic acid groups (broad SMARTS) is 1. The van der Waals surface area contributed by atoms with Crippen molar-refractivity contribution in [2.45, 2.75) is 46.2 Å². The second-order valence-corrected chi connectivity index (χ2v) is 21.9. The number of pyridine rings is 4. The van der Waals surface area contributed by atoms with E-state index in [4.69, 9.17) is 5.11 Å². The zero-order chi connectivity index (χ0) is 51.6. The Labute approximate surface area is 417 Å². The Hall–Kier alpha value is -7.80. The van der Waals surface area contributed by atoms with E-state index in [0.29, 0.717) is 70.5 Å². The molecule has 0 aliphatic carbocycles. The van der Waals surface area contributed by atoms with Gasteiger partial charge in [0, 0.05) is 59.8 Å². The van der Waals surface area contributed by atoms with Crippen LogP contribution in [-0.4, -0.2) is 141 Å². The number of nitrogens with zero attached hydrogens (tertiary/aromatic N) is 10. The molecule has 20 nitrogen and oxygen atoms in total. The molecule has 3 N–H and O–H groups in total. The Kier molecular flexibility index (Phi) is 14.2. The standard InChI is InChI=1S/C25H25FN6O4S.C24H23FN6O4S/c1-31-10-7-18(8-11-31)37(34,35)24-6-3-16-15-27-23(14-22(16)29-24)28-20-5-4-17(13-19(20)26)32-12-9-21(30-32)25(33)36-2;1-30-9-6-17(7-10-30)36(34,35)23-5-2-15-14-26-22(13-21(15)28-23)27-19-4-3-16(12-18(19)25)31-11-8-20(29-31)24(32)33/h3-6,9,12-15,18H,7-8,10-11H2,1-2H3,(H,27,28);2-5,8,11-14,17H,6-7,9-10H2,1H3,(H,26,27)(H,32,33). The van der Waals surface area contributed by atoms with Crippen LogP contribution >= 0.6 is 0 Å². The molecule has 73 heavy (non-hydrogen) atoms. The van der Waals surface area contributed by atoms with Crippen molar-refractivity contribution >= 4 is 76.4 Å². The topological polar surface area (TPSA) is 250 Å². The highest BCUT2D eigenvalue weighted by Gasteiger charge is 2.33. The molecule has 8 aromatic rings. The van der Waals surface area contributed by atoms with E-state index >= 15 is 0 Å². The molecule has 2 fully saturated rings. The molecule has 8 heterocycles. The van der Waals surface area contributed by atoms with Gasteiger partial charge in [0.05, 0.1) is 51.4 Å². The van der Waals surface area contributed by atoms with Crippen molar-refractivity contribution in [3.8, 4) is 11.4 Å². The molecule has 24 heteroatoms. The summed E-state index contributed by atoms with van der Waals surface area (Å²) in [4.78, 5) is 44.3. The number of halogens is 2. The fourth-order valence-electron chi connectivity index (χ4n) is 8.42. The first kappa shape index (κ1) is 50.2. The van der Waals surface area contributed by atoms with Crippen LogP contribution in [0, 0.1) is 11.6 Å². The molecular weight excluding hydrogens is 987 g/mol. The lowest BCUT2D eigenvalue weighted by Gasteiger charge is -2.28. The lowest BCUT2D eigenvalue weighted by Crippen LogP contribution is -2.37. The van der Waals surface area contributed by atoms with Gasteiger partial charge in [0.1, 0.15) is 23.3 Å². The largest absolute Gasteiger partial charge is 0.476 e. The van der Waals surface area contributed by atoms with E-state index in [1.165, 1.54) is 77.4 Å². The summed E-state index contributed by atoms with van der Waals surface area (Å²) in [5, 5.41) is 23.3.